The van der Waals surface area contributed by atoms with E-state index in [9.17, 15) is 9.59 Å². The van der Waals surface area contributed by atoms with Gasteiger partial charge in [-0.1, -0.05) is 72.0 Å². The predicted molar refractivity (Wildman–Crippen MR) is 203 cm³/mol. The second-order valence-corrected chi connectivity index (χ2v) is 13.9. The predicted octanol–water partition coefficient (Wildman–Crippen LogP) is 7.26. The molecule has 4 aromatic carbocycles. The molecule has 0 N–H and O–H groups in total. The highest BCUT2D eigenvalue weighted by Gasteiger charge is 2.33. The van der Waals surface area contributed by atoms with Crippen molar-refractivity contribution in [2.45, 2.75) is 38.3 Å². The Bertz CT molecular complexity index is 2430. The molecule has 2 aromatic heterocycles. The fraction of sp³-hybridized carbons (Fsp3) is 0.171. The van der Waals surface area contributed by atoms with Crippen LogP contribution in [0.4, 0.5) is 0 Å². The minimum atomic E-state index is -0.720. The van der Waals surface area contributed by atoms with Crippen molar-refractivity contribution in [3.05, 3.63) is 163 Å². The van der Waals surface area contributed by atoms with E-state index in [0.29, 0.717) is 27.2 Å². The first-order chi connectivity index (χ1) is 24.8. The summed E-state index contributed by atoms with van der Waals surface area (Å²) in [5.74, 6) is 0.309. The number of carbonyl (C=O) groups excluding carboxylic acids is 1. The highest BCUT2D eigenvalue weighted by atomic mass is 32.2. The van der Waals surface area contributed by atoms with Crippen LogP contribution in [0.2, 0.25) is 0 Å². The Kier molecular flexibility index (Phi) is 9.87. The molecule has 0 aliphatic carbocycles. The van der Waals surface area contributed by atoms with Crippen molar-refractivity contribution in [3.63, 3.8) is 0 Å². The van der Waals surface area contributed by atoms with Crippen LogP contribution >= 0.6 is 23.1 Å². The van der Waals surface area contributed by atoms with Gasteiger partial charge in [-0.3, -0.25) is 9.36 Å². The van der Waals surface area contributed by atoms with Crippen LogP contribution < -0.4 is 19.6 Å². The maximum absolute atomic E-state index is 14.5. The monoisotopic (exact) mass is 712 g/mol. The SMILES string of the molecule is CCOc1ccc(-c2nn(-c3ccccc3)cc2C=c2sc3n(c2=O)C(c2ccc(SC)cc2)C(C(=O)OCc2ccccc2)=C(C)N=3)cc1C. The lowest BCUT2D eigenvalue weighted by Gasteiger charge is -2.25. The molecule has 1 aliphatic rings. The van der Waals surface area contributed by atoms with Gasteiger partial charge in [-0.05, 0) is 92.3 Å². The molecule has 1 aliphatic heterocycles. The molecule has 0 amide bonds. The molecule has 0 fully saturated rings. The van der Waals surface area contributed by atoms with Gasteiger partial charge in [-0.25, -0.2) is 14.5 Å². The molecule has 7 rings (SSSR count). The zero-order valence-corrected chi connectivity index (χ0v) is 30.3. The number of esters is 1. The smallest absolute Gasteiger partial charge is 0.338 e. The van der Waals surface area contributed by atoms with E-state index in [1.54, 1.807) is 23.3 Å². The summed E-state index contributed by atoms with van der Waals surface area (Å²) in [4.78, 5) is 34.8. The minimum absolute atomic E-state index is 0.109. The van der Waals surface area contributed by atoms with Gasteiger partial charge in [0.2, 0.25) is 0 Å². The Hall–Kier alpha value is -5.45. The van der Waals surface area contributed by atoms with Gasteiger partial charge in [-0.15, -0.1) is 11.8 Å². The zero-order valence-electron chi connectivity index (χ0n) is 28.7. The first-order valence-corrected chi connectivity index (χ1v) is 18.6. The molecule has 8 nitrogen and oxygen atoms in total. The van der Waals surface area contributed by atoms with E-state index in [0.717, 1.165) is 49.8 Å². The van der Waals surface area contributed by atoms with Gasteiger partial charge in [0.25, 0.3) is 5.56 Å². The molecule has 0 spiro atoms. The number of ether oxygens (including phenoxy) is 2. The van der Waals surface area contributed by atoms with Crippen molar-refractivity contribution in [1.29, 1.82) is 0 Å². The molecule has 0 saturated heterocycles. The number of thiazole rings is 1. The Balaban J connectivity index is 1.36. The summed E-state index contributed by atoms with van der Waals surface area (Å²) < 4.78 is 15.6. The fourth-order valence-electron chi connectivity index (χ4n) is 6.17. The Labute approximate surface area is 304 Å². The summed E-state index contributed by atoms with van der Waals surface area (Å²) in [6.07, 6.45) is 5.82. The van der Waals surface area contributed by atoms with Crippen LogP contribution in [0.5, 0.6) is 5.75 Å². The summed E-state index contributed by atoms with van der Waals surface area (Å²) in [6.45, 7) is 6.46. The van der Waals surface area contributed by atoms with E-state index in [-0.39, 0.29) is 12.2 Å². The minimum Gasteiger partial charge on any atom is -0.494 e. The van der Waals surface area contributed by atoms with Crippen LogP contribution in [0.3, 0.4) is 0 Å². The van der Waals surface area contributed by atoms with Crippen molar-refractivity contribution in [1.82, 2.24) is 14.3 Å². The molecule has 6 aromatic rings. The third-order valence-corrected chi connectivity index (χ3v) is 10.4. The van der Waals surface area contributed by atoms with Crippen molar-refractivity contribution in [3.8, 4) is 22.7 Å². The summed E-state index contributed by atoms with van der Waals surface area (Å²) in [5, 5.41) is 4.99. The van der Waals surface area contributed by atoms with Crippen molar-refractivity contribution in [2.75, 3.05) is 12.9 Å². The Morgan fingerprint density at radius 3 is 2.37 bits per heavy atom. The lowest BCUT2D eigenvalue weighted by Crippen LogP contribution is -2.39. The second kappa shape index (κ2) is 14.8. The molecule has 0 radical (unpaired) electrons. The summed E-state index contributed by atoms with van der Waals surface area (Å²) in [7, 11) is 0. The molecule has 0 bridgehead atoms. The number of allylic oxidation sites excluding steroid dienone is 1. The number of aromatic nitrogens is 3. The third-order valence-electron chi connectivity index (χ3n) is 8.68. The van der Waals surface area contributed by atoms with Gasteiger partial charge in [0.1, 0.15) is 18.1 Å². The Morgan fingerprint density at radius 2 is 1.69 bits per heavy atom. The van der Waals surface area contributed by atoms with Crippen molar-refractivity contribution < 1.29 is 14.3 Å². The summed E-state index contributed by atoms with van der Waals surface area (Å²) in [6, 6.07) is 32.6. The van der Waals surface area contributed by atoms with Crippen LogP contribution in [0.25, 0.3) is 23.0 Å². The number of benzene rings is 4. The molecule has 1 unspecified atom stereocenters. The summed E-state index contributed by atoms with van der Waals surface area (Å²) >= 11 is 2.92. The molecule has 0 saturated carbocycles. The lowest BCUT2D eigenvalue weighted by atomic mass is 9.96. The number of para-hydroxylation sites is 1. The maximum Gasteiger partial charge on any atom is 0.338 e. The van der Waals surface area contributed by atoms with Crippen LogP contribution in [0.15, 0.2) is 135 Å². The van der Waals surface area contributed by atoms with E-state index < -0.39 is 12.0 Å². The lowest BCUT2D eigenvalue weighted by molar-refractivity contribution is -0.140. The molecular formula is C41H36N4O4S2. The van der Waals surface area contributed by atoms with Gasteiger partial charge in [0, 0.05) is 22.2 Å². The average Bonchev–Trinajstić information content (AvgIpc) is 3.72. The van der Waals surface area contributed by atoms with E-state index in [4.69, 9.17) is 19.6 Å². The largest absolute Gasteiger partial charge is 0.494 e. The van der Waals surface area contributed by atoms with E-state index in [1.807, 2.05) is 134 Å². The summed E-state index contributed by atoms with van der Waals surface area (Å²) in [5.41, 5.74) is 6.55. The van der Waals surface area contributed by atoms with Gasteiger partial charge in [-0.2, -0.15) is 5.10 Å². The number of nitrogens with zero attached hydrogens (tertiary/aromatic N) is 4. The second-order valence-electron chi connectivity index (χ2n) is 12.0. The van der Waals surface area contributed by atoms with Crippen LogP contribution in [0, 0.1) is 6.92 Å². The number of rotatable bonds is 10. The molecule has 10 heteroatoms. The molecule has 3 heterocycles. The number of hydrogen-bond donors (Lipinski definition) is 0. The normalized spacial score (nSPS) is 14.3. The topological polar surface area (TPSA) is 87.7 Å². The average molecular weight is 713 g/mol. The molecule has 256 valence electrons. The van der Waals surface area contributed by atoms with Gasteiger partial charge >= 0.3 is 5.97 Å². The van der Waals surface area contributed by atoms with Gasteiger partial charge in [0.05, 0.1) is 34.1 Å². The fourth-order valence-corrected chi connectivity index (χ4v) is 7.62. The number of aryl methyl sites for hydroxylation is 1. The van der Waals surface area contributed by atoms with Gasteiger partial charge in [0.15, 0.2) is 4.80 Å². The van der Waals surface area contributed by atoms with Crippen molar-refractivity contribution in [2.24, 2.45) is 4.99 Å². The molecule has 51 heavy (non-hydrogen) atoms. The highest BCUT2D eigenvalue weighted by molar-refractivity contribution is 7.98. The van der Waals surface area contributed by atoms with Gasteiger partial charge < -0.3 is 9.47 Å². The number of fused-ring (bicyclic) bond motifs is 1. The highest BCUT2D eigenvalue weighted by Crippen LogP contribution is 2.33. The first-order valence-electron chi connectivity index (χ1n) is 16.6. The van der Waals surface area contributed by atoms with Crippen molar-refractivity contribution >= 4 is 35.1 Å². The maximum atomic E-state index is 14.5. The molecular weight excluding hydrogens is 677 g/mol. The number of hydrogen-bond acceptors (Lipinski definition) is 8. The quantitative estimate of drug-likeness (QED) is 0.110. The first kappa shape index (κ1) is 34.0. The van der Waals surface area contributed by atoms with E-state index >= 15 is 0 Å². The standard InChI is InChI=1S/C41H36N4O4S2/c1-5-48-34-21-18-30(22-26(34)2)37-31(24-44(43-37)32-14-10-7-11-15-32)23-35-39(46)45-38(29-16-19-33(50-4)20-17-29)36(27(3)42-41(45)51-35)40(47)49-25-28-12-8-6-9-13-28/h6-24,38H,5,25H2,1-4H3. The van der Waals surface area contributed by atoms with E-state index in [2.05, 4.69) is 6.07 Å². The van der Waals surface area contributed by atoms with Crippen LogP contribution in [-0.4, -0.2) is 33.2 Å². The Morgan fingerprint density at radius 1 is 0.961 bits per heavy atom. The molecule has 1 atom stereocenters. The van der Waals surface area contributed by atoms with Crippen LogP contribution in [0.1, 0.15) is 42.1 Å². The number of thioether (sulfide) groups is 1. The third kappa shape index (κ3) is 6.97. The van der Waals surface area contributed by atoms with Crippen LogP contribution in [-0.2, 0) is 16.1 Å². The van der Waals surface area contributed by atoms with E-state index in [1.165, 1.54) is 11.3 Å². The zero-order chi connectivity index (χ0) is 35.5. The number of carbonyl (C=O) groups is 1.